The quantitative estimate of drug-likeness (QED) is 0.0730. The summed E-state index contributed by atoms with van der Waals surface area (Å²) in [5.74, 6) is -6.15. The lowest BCUT2D eigenvalue weighted by atomic mass is 9.88. The number of amides is 1. The number of aliphatic carboxylic acids is 1. The first-order valence-electron chi connectivity index (χ1n) is 16.9. The lowest BCUT2D eigenvalue weighted by Crippen LogP contribution is -2.69. The molecule has 0 saturated carbocycles. The van der Waals surface area contributed by atoms with Crippen LogP contribution in [0.1, 0.15) is 6.42 Å². The third kappa shape index (κ3) is 9.69. The van der Waals surface area contributed by atoms with Gasteiger partial charge in [0.2, 0.25) is 5.91 Å². The van der Waals surface area contributed by atoms with Crippen LogP contribution >= 0.6 is 0 Å². The maximum Gasteiger partial charge on any atom is 0.364 e. The van der Waals surface area contributed by atoms with E-state index in [9.17, 15) is 91.3 Å². The molecular weight excluding hydrogens is 762 g/mol. The van der Waals surface area contributed by atoms with Gasteiger partial charge in [0.1, 0.15) is 98.2 Å². The van der Waals surface area contributed by atoms with Gasteiger partial charge in [0.25, 0.3) is 5.79 Å². The summed E-state index contributed by atoms with van der Waals surface area (Å²) in [6.07, 6.45) is -38.9. The van der Waals surface area contributed by atoms with Crippen LogP contribution in [0.25, 0.3) is 0 Å². The highest BCUT2D eigenvalue weighted by atomic mass is 16.8. The maximum atomic E-state index is 12.7. The molecule has 0 aromatic heterocycles. The molecule has 4 saturated heterocycles. The number of carbonyl (C=O) groups is 2. The molecule has 21 atom stereocenters. The first kappa shape index (κ1) is 45.8. The Morgan fingerprint density at radius 3 is 1.89 bits per heavy atom. The second kappa shape index (κ2) is 19.2. The smallest absolute Gasteiger partial charge is 0.364 e. The van der Waals surface area contributed by atoms with Gasteiger partial charge in [-0.05, 0) is 0 Å². The van der Waals surface area contributed by atoms with E-state index in [4.69, 9.17) is 33.2 Å². The fourth-order valence-corrected chi connectivity index (χ4v) is 6.53. The summed E-state index contributed by atoms with van der Waals surface area (Å²) in [5, 5.41) is 166. The highest BCUT2D eigenvalue weighted by Gasteiger charge is 2.58. The lowest BCUT2D eigenvalue weighted by molar-refractivity contribution is -0.384. The average molecular weight is 812 g/mol. The standard InChI is InChI=1S/C29H49NO25/c31-2-8(36)14(38)23-13(30-12(37)5-34)7(35)1-29(55-23,28(47)48)49-6-11-16(40)24(54-26-20(44)17(41)15(39)9(3-32)51-26)21(45)27(52-11)53-22-10(4-33)50-25(46)19(43)18(22)42/h7-11,13-27,31-36,38-46H,1-6H2,(H,30,37)(H,47,48)/t7-,8+,9+,10+,11+,13+,14+,15-,16-,17-,18+,19+,20+,21+,22+,23+,24-,25?,26-,27-,29+/m0/s1. The van der Waals surface area contributed by atoms with Crippen molar-refractivity contribution in [3.63, 3.8) is 0 Å². The molecule has 4 fully saturated rings. The molecule has 4 aliphatic heterocycles. The number of carboxylic acid groups (broad SMARTS) is 1. The maximum absolute atomic E-state index is 12.7. The molecule has 26 heteroatoms. The van der Waals surface area contributed by atoms with Crippen LogP contribution in [0.15, 0.2) is 0 Å². The van der Waals surface area contributed by atoms with Crippen molar-refractivity contribution in [3.05, 3.63) is 0 Å². The van der Waals surface area contributed by atoms with Crippen LogP contribution in [0.2, 0.25) is 0 Å². The minimum Gasteiger partial charge on any atom is -0.477 e. The fraction of sp³-hybridized carbons (Fsp3) is 0.931. The highest BCUT2D eigenvalue weighted by Crippen LogP contribution is 2.36. The fourth-order valence-electron chi connectivity index (χ4n) is 6.53. The molecule has 1 unspecified atom stereocenters. The van der Waals surface area contributed by atoms with E-state index in [0.717, 1.165) is 0 Å². The largest absolute Gasteiger partial charge is 0.477 e. The van der Waals surface area contributed by atoms with E-state index in [1.165, 1.54) is 0 Å². The van der Waals surface area contributed by atoms with E-state index in [1.54, 1.807) is 0 Å². The number of hydrogen-bond acceptors (Lipinski definition) is 24. The Balaban J connectivity index is 1.66. The van der Waals surface area contributed by atoms with Gasteiger partial charge < -0.3 is 120 Å². The monoisotopic (exact) mass is 811 g/mol. The van der Waals surface area contributed by atoms with Gasteiger partial charge in [0, 0.05) is 6.42 Å². The van der Waals surface area contributed by atoms with Crippen molar-refractivity contribution in [2.75, 3.05) is 33.0 Å². The molecule has 4 aliphatic rings. The van der Waals surface area contributed by atoms with Crippen molar-refractivity contribution < 1.29 is 124 Å². The summed E-state index contributed by atoms with van der Waals surface area (Å²) in [5.41, 5.74) is 0. The molecule has 4 heterocycles. The number of aliphatic hydroxyl groups excluding tert-OH is 15. The molecule has 320 valence electrons. The summed E-state index contributed by atoms with van der Waals surface area (Å²) in [6.45, 7) is -5.26. The predicted molar refractivity (Wildman–Crippen MR) is 164 cm³/mol. The number of hydrogen-bond donors (Lipinski definition) is 17. The van der Waals surface area contributed by atoms with Gasteiger partial charge in [0.05, 0.1) is 38.6 Å². The zero-order valence-electron chi connectivity index (χ0n) is 28.6. The summed E-state index contributed by atoms with van der Waals surface area (Å²) in [7, 11) is 0. The van der Waals surface area contributed by atoms with Crippen molar-refractivity contribution in [2.45, 2.75) is 135 Å². The Morgan fingerprint density at radius 2 is 1.31 bits per heavy atom. The molecule has 0 aromatic carbocycles. The van der Waals surface area contributed by atoms with Crippen LogP contribution in [0.5, 0.6) is 0 Å². The highest BCUT2D eigenvalue weighted by molar-refractivity contribution is 5.78. The van der Waals surface area contributed by atoms with Gasteiger partial charge in [-0.25, -0.2) is 4.79 Å². The van der Waals surface area contributed by atoms with E-state index in [-0.39, 0.29) is 0 Å². The minimum absolute atomic E-state index is 0.916. The number of nitrogens with one attached hydrogen (secondary N) is 1. The molecule has 0 radical (unpaired) electrons. The molecule has 0 aliphatic carbocycles. The SMILES string of the molecule is O=C(CO)N[C@H]1[C@H]([C@H](O)[C@H](O)CO)O[C@@](OC[C@H]2O[C@@H](O[C@H]3[C@H](O)[C@@H](O)C(O)O[C@@H]3CO)[C@H](O)[C@@H](O[C@@H]3O[C@H](CO)[C@H](O)[C@H](O)[C@H]3O)[C@H]2O)(C(=O)O)C[C@@H]1O. The number of carboxylic acids is 1. The molecule has 17 N–H and O–H groups in total. The molecule has 0 spiro atoms. The van der Waals surface area contributed by atoms with Gasteiger partial charge in [0.15, 0.2) is 18.9 Å². The number of ether oxygens (including phenoxy) is 7. The van der Waals surface area contributed by atoms with Gasteiger partial charge in [-0.2, -0.15) is 0 Å². The third-order valence-corrected chi connectivity index (χ3v) is 9.68. The molecule has 1 amide bonds. The number of rotatable bonds is 15. The second-order valence-corrected chi connectivity index (χ2v) is 13.4. The van der Waals surface area contributed by atoms with Crippen molar-refractivity contribution in [1.82, 2.24) is 5.32 Å². The molecular formula is C29H49NO25. The lowest BCUT2D eigenvalue weighted by Gasteiger charge is -2.49. The topological polar surface area (TPSA) is 434 Å². The Kier molecular flexibility index (Phi) is 16.0. The first-order valence-corrected chi connectivity index (χ1v) is 16.9. The Morgan fingerprint density at radius 1 is 0.709 bits per heavy atom. The molecule has 0 aromatic rings. The second-order valence-electron chi connectivity index (χ2n) is 13.4. The van der Waals surface area contributed by atoms with Gasteiger partial charge in [-0.3, -0.25) is 4.79 Å². The average Bonchev–Trinajstić information content (AvgIpc) is 3.16. The summed E-state index contributed by atoms with van der Waals surface area (Å²) in [6, 6.07) is -1.72. The van der Waals surface area contributed by atoms with E-state index in [2.05, 4.69) is 5.32 Å². The van der Waals surface area contributed by atoms with Gasteiger partial charge >= 0.3 is 5.97 Å². The van der Waals surface area contributed by atoms with Crippen LogP contribution in [-0.4, -0.2) is 255 Å². The Bertz CT molecular complexity index is 1250. The zero-order valence-corrected chi connectivity index (χ0v) is 28.6. The van der Waals surface area contributed by atoms with Crippen molar-refractivity contribution in [2.24, 2.45) is 0 Å². The summed E-state index contributed by atoms with van der Waals surface area (Å²) in [4.78, 5) is 24.7. The van der Waals surface area contributed by atoms with Crippen molar-refractivity contribution in [3.8, 4) is 0 Å². The molecule has 55 heavy (non-hydrogen) atoms. The minimum atomic E-state index is -3.03. The molecule has 4 rings (SSSR count). The van der Waals surface area contributed by atoms with Crippen molar-refractivity contribution in [1.29, 1.82) is 0 Å². The van der Waals surface area contributed by atoms with E-state index in [1.807, 2.05) is 0 Å². The van der Waals surface area contributed by atoms with E-state index < -0.39 is 180 Å². The van der Waals surface area contributed by atoms with E-state index in [0.29, 0.717) is 0 Å². The first-order chi connectivity index (χ1) is 25.9. The zero-order chi connectivity index (χ0) is 41.1. The molecule has 26 nitrogen and oxygen atoms in total. The van der Waals surface area contributed by atoms with Gasteiger partial charge in [-0.15, -0.1) is 0 Å². The third-order valence-electron chi connectivity index (χ3n) is 9.68. The van der Waals surface area contributed by atoms with Crippen LogP contribution in [0.3, 0.4) is 0 Å². The Labute approximate surface area is 309 Å². The summed E-state index contributed by atoms with van der Waals surface area (Å²) >= 11 is 0. The normalized spacial score (nSPS) is 46.5. The van der Waals surface area contributed by atoms with Crippen LogP contribution in [0.4, 0.5) is 0 Å². The van der Waals surface area contributed by atoms with Crippen LogP contribution < -0.4 is 5.32 Å². The van der Waals surface area contributed by atoms with Crippen LogP contribution in [0, 0.1) is 0 Å². The predicted octanol–water partition coefficient (Wildman–Crippen LogP) is -11.4. The van der Waals surface area contributed by atoms with E-state index >= 15 is 0 Å². The van der Waals surface area contributed by atoms with Crippen LogP contribution in [-0.2, 0) is 42.7 Å². The summed E-state index contributed by atoms with van der Waals surface area (Å²) < 4.78 is 38.2. The Hall–Kier alpha value is -1.94. The van der Waals surface area contributed by atoms with Crippen molar-refractivity contribution >= 4 is 11.9 Å². The van der Waals surface area contributed by atoms with Gasteiger partial charge in [-0.1, -0.05) is 0 Å². The molecule has 0 bridgehead atoms. The number of aliphatic hydroxyl groups is 15. The number of carbonyl (C=O) groups excluding carboxylic acids is 1.